The Hall–Kier alpha value is -4.26. The van der Waals surface area contributed by atoms with Crippen LogP contribution in [0.15, 0.2) is 77.3 Å². The number of carbonyl (C=O) groups is 2. The van der Waals surface area contributed by atoms with Gasteiger partial charge in [-0.3, -0.25) is 9.59 Å². The molecule has 0 spiro atoms. The highest BCUT2D eigenvalue weighted by atomic mass is 19.1. The largest absolute Gasteiger partial charge is 0.481 e. The van der Waals surface area contributed by atoms with Crippen molar-refractivity contribution in [2.24, 2.45) is 0 Å². The van der Waals surface area contributed by atoms with E-state index < -0.39 is 23.9 Å². The van der Waals surface area contributed by atoms with Gasteiger partial charge in [0.2, 0.25) is 0 Å². The Morgan fingerprint density at radius 2 is 1.54 bits per heavy atom. The van der Waals surface area contributed by atoms with Crippen LogP contribution in [0.5, 0.6) is 0 Å². The van der Waals surface area contributed by atoms with E-state index in [0.29, 0.717) is 22.6 Å². The Kier molecular flexibility index (Phi) is 7.06. The molecule has 0 radical (unpaired) electrons. The van der Waals surface area contributed by atoms with E-state index in [2.05, 4.69) is 5.16 Å². The zero-order valence-corrected chi connectivity index (χ0v) is 19.3. The molecule has 0 saturated heterocycles. The van der Waals surface area contributed by atoms with Gasteiger partial charge in [0.25, 0.3) is 0 Å². The van der Waals surface area contributed by atoms with Gasteiger partial charge in [0.1, 0.15) is 11.9 Å². The van der Waals surface area contributed by atoms with Crippen molar-refractivity contribution in [2.45, 2.75) is 32.8 Å². The highest BCUT2D eigenvalue weighted by Crippen LogP contribution is 2.30. The third-order valence-electron chi connectivity index (χ3n) is 5.75. The number of ether oxygens (including phenoxy) is 1. The van der Waals surface area contributed by atoms with Crippen molar-refractivity contribution < 1.29 is 28.3 Å². The van der Waals surface area contributed by atoms with Crippen LogP contribution in [0.2, 0.25) is 0 Å². The predicted molar refractivity (Wildman–Crippen MR) is 128 cm³/mol. The van der Waals surface area contributed by atoms with E-state index in [0.717, 1.165) is 22.3 Å². The van der Waals surface area contributed by atoms with Crippen molar-refractivity contribution in [3.63, 3.8) is 0 Å². The molecule has 0 aliphatic rings. The highest BCUT2D eigenvalue weighted by molar-refractivity contribution is 5.78. The Balaban J connectivity index is 1.48. The summed E-state index contributed by atoms with van der Waals surface area (Å²) in [5.74, 6) is -1.33. The fourth-order valence-corrected chi connectivity index (χ4v) is 3.88. The Morgan fingerprint density at radius 3 is 2.17 bits per heavy atom. The summed E-state index contributed by atoms with van der Waals surface area (Å²) in [6, 6.07) is 21.1. The van der Waals surface area contributed by atoms with E-state index in [1.165, 1.54) is 6.07 Å². The van der Waals surface area contributed by atoms with Crippen LogP contribution in [0, 0.1) is 12.7 Å². The quantitative estimate of drug-likeness (QED) is 0.319. The lowest BCUT2D eigenvalue weighted by Crippen LogP contribution is -2.13. The molecular formula is C28H24FNO5. The number of nitrogens with zero attached hydrogens (tertiary/aromatic N) is 1. The molecule has 1 N–H and O–H groups in total. The first-order chi connectivity index (χ1) is 16.8. The maximum atomic E-state index is 14.0. The molecule has 0 fully saturated rings. The second-order valence-electron chi connectivity index (χ2n) is 8.25. The first-order valence-corrected chi connectivity index (χ1v) is 11.1. The van der Waals surface area contributed by atoms with Crippen LogP contribution < -0.4 is 0 Å². The van der Waals surface area contributed by atoms with Gasteiger partial charge in [0.15, 0.2) is 5.76 Å². The van der Waals surface area contributed by atoms with E-state index in [9.17, 15) is 14.0 Å². The fourth-order valence-electron chi connectivity index (χ4n) is 3.88. The molecule has 4 aromatic rings. The third-order valence-corrected chi connectivity index (χ3v) is 5.75. The minimum atomic E-state index is -0.870. The Morgan fingerprint density at radius 1 is 0.943 bits per heavy atom. The van der Waals surface area contributed by atoms with Gasteiger partial charge in [0, 0.05) is 16.7 Å². The summed E-state index contributed by atoms with van der Waals surface area (Å²) in [5, 5.41) is 12.9. The van der Waals surface area contributed by atoms with Crippen molar-refractivity contribution in [1.82, 2.24) is 5.16 Å². The summed E-state index contributed by atoms with van der Waals surface area (Å²) in [5.41, 5.74) is 4.89. The van der Waals surface area contributed by atoms with Crippen LogP contribution in [0.1, 0.15) is 35.4 Å². The number of halogens is 1. The topological polar surface area (TPSA) is 89.6 Å². The number of aromatic nitrogens is 1. The van der Waals surface area contributed by atoms with Gasteiger partial charge in [0.05, 0.1) is 18.5 Å². The molecule has 0 aliphatic heterocycles. The summed E-state index contributed by atoms with van der Waals surface area (Å²) < 4.78 is 25.0. The summed E-state index contributed by atoms with van der Waals surface area (Å²) in [6.45, 7) is 3.38. The molecule has 3 aromatic carbocycles. The normalized spacial score (nSPS) is 11.7. The number of esters is 1. The van der Waals surface area contributed by atoms with Gasteiger partial charge >= 0.3 is 11.9 Å². The van der Waals surface area contributed by atoms with Crippen molar-refractivity contribution in [2.75, 3.05) is 0 Å². The predicted octanol–water partition coefficient (Wildman–Crippen LogP) is 5.93. The standard InChI is InChI=1S/C28H24FNO5/c1-17-24(16-27(33)34-18(2)23-5-3-4-6-25(23)29)28(35-30-17)22-13-11-21(12-14-22)20-9-7-19(8-10-20)15-26(31)32/h3-14,18H,15-16H2,1-2H3,(H,31,32). The smallest absolute Gasteiger partial charge is 0.311 e. The number of hydrogen-bond acceptors (Lipinski definition) is 5. The van der Waals surface area contributed by atoms with E-state index in [1.807, 2.05) is 36.4 Å². The molecule has 1 heterocycles. The SMILES string of the molecule is Cc1noc(-c2ccc(-c3ccc(CC(=O)O)cc3)cc2)c1CC(=O)OC(C)c1ccccc1F. The molecule has 1 atom stereocenters. The lowest BCUT2D eigenvalue weighted by atomic mass is 9.99. The van der Waals surface area contributed by atoms with Gasteiger partial charge in [-0.05, 0) is 36.6 Å². The maximum absolute atomic E-state index is 14.0. The third kappa shape index (κ3) is 5.63. The van der Waals surface area contributed by atoms with Crippen molar-refractivity contribution >= 4 is 11.9 Å². The van der Waals surface area contributed by atoms with Crippen LogP contribution in [0.3, 0.4) is 0 Å². The van der Waals surface area contributed by atoms with Crippen LogP contribution >= 0.6 is 0 Å². The fraction of sp³-hybridized carbons (Fsp3) is 0.179. The molecule has 6 nitrogen and oxygen atoms in total. The number of carbonyl (C=O) groups excluding carboxylic acids is 1. The summed E-state index contributed by atoms with van der Waals surface area (Å²) in [6.07, 6.45) is -0.807. The van der Waals surface area contributed by atoms with Gasteiger partial charge in [-0.15, -0.1) is 0 Å². The molecule has 0 saturated carbocycles. The molecule has 178 valence electrons. The van der Waals surface area contributed by atoms with E-state index >= 15 is 0 Å². The van der Waals surface area contributed by atoms with Crippen LogP contribution in [0.4, 0.5) is 4.39 Å². The van der Waals surface area contributed by atoms with Gasteiger partial charge in [-0.25, -0.2) is 4.39 Å². The monoisotopic (exact) mass is 473 g/mol. The molecule has 0 bridgehead atoms. The van der Waals surface area contributed by atoms with E-state index in [1.54, 1.807) is 44.2 Å². The zero-order valence-electron chi connectivity index (χ0n) is 19.3. The maximum Gasteiger partial charge on any atom is 0.311 e. The van der Waals surface area contributed by atoms with Crippen LogP contribution in [-0.4, -0.2) is 22.2 Å². The number of carboxylic acids is 1. The summed E-state index contributed by atoms with van der Waals surface area (Å²) in [7, 11) is 0. The minimum Gasteiger partial charge on any atom is -0.481 e. The molecular weight excluding hydrogens is 449 g/mol. The zero-order chi connectivity index (χ0) is 24.9. The van der Waals surface area contributed by atoms with Gasteiger partial charge in [-0.1, -0.05) is 71.9 Å². The second kappa shape index (κ2) is 10.3. The number of hydrogen-bond donors (Lipinski definition) is 1. The molecule has 1 aromatic heterocycles. The second-order valence-corrected chi connectivity index (χ2v) is 8.25. The average Bonchev–Trinajstić information content (AvgIpc) is 3.19. The number of aliphatic carboxylic acids is 1. The summed E-state index contributed by atoms with van der Waals surface area (Å²) >= 11 is 0. The molecule has 35 heavy (non-hydrogen) atoms. The molecule has 0 aliphatic carbocycles. The lowest BCUT2D eigenvalue weighted by Gasteiger charge is -2.14. The molecule has 4 rings (SSSR count). The number of rotatable bonds is 8. The Labute approximate surface area is 202 Å². The van der Waals surface area contributed by atoms with Crippen molar-refractivity contribution in [1.29, 1.82) is 0 Å². The number of carboxylic acid groups (broad SMARTS) is 1. The van der Waals surface area contributed by atoms with Gasteiger partial charge in [-0.2, -0.15) is 0 Å². The van der Waals surface area contributed by atoms with E-state index in [-0.39, 0.29) is 12.8 Å². The summed E-state index contributed by atoms with van der Waals surface area (Å²) in [4.78, 5) is 23.5. The minimum absolute atomic E-state index is 0.0195. The molecule has 7 heteroatoms. The Bertz CT molecular complexity index is 1340. The number of aryl methyl sites for hydroxylation is 1. The van der Waals surface area contributed by atoms with Crippen LogP contribution in [0.25, 0.3) is 22.5 Å². The van der Waals surface area contributed by atoms with E-state index in [4.69, 9.17) is 14.4 Å². The highest BCUT2D eigenvalue weighted by Gasteiger charge is 2.21. The lowest BCUT2D eigenvalue weighted by molar-refractivity contribution is -0.147. The first-order valence-electron chi connectivity index (χ1n) is 11.1. The van der Waals surface area contributed by atoms with Crippen LogP contribution in [-0.2, 0) is 27.2 Å². The van der Waals surface area contributed by atoms with Crippen molar-refractivity contribution in [3.05, 3.63) is 101 Å². The van der Waals surface area contributed by atoms with Crippen molar-refractivity contribution in [3.8, 4) is 22.5 Å². The van der Waals surface area contributed by atoms with Gasteiger partial charge < -0.3 is 14.4 Å². The molecule has 0 amide bonds. The number of benzene rings is 3. The average molecular weight is 474 g/mol. The molecule has 1 unspecified atom stereocenters. The first kappa shape index (κ1) is 23.9.